The van der Waals surface area contributed by atoms with Crippen molar-refractivity contribution in [2.24, 2.45) is 0 Å². The molecule has 1 saturated heterocycles. The maximum absolute atomic E-state index is 5.77. The first-order chi connectivity index (χ1) is 9.13. The van der Waals surface area contributed by atoms with Crippen LogP contribution in [0.3, 0.4) is 0 Å². The summed E-state index contributed by atoms with van der Waals surface area (Å²) in [4.78, 5) is 19.1. The SMILES string of the molecule is Cc1nc(C)n(-c2nc(N)nc(N3CCCC3)n2)n1. The maximum atomic E-state index is 5.77. The average Bonchev–Trinajstić information content (AvgIpc) is 2.98. The van der Waals surface area contributed by atoms with Crippen molar-refractivity contribution >= 4 is 11.9 Å². The number of hydrogen-bond acceptors (Lipinski definition) is 7. The Bertz CT molecular complexity index is 599. The van der Waals surface area contributed by atoms with Crippen molar-refractivity contribution in [1.29, 1.82) is 0 Å². The number of nitrogens with zero attached hydrogens (tertiary/aromatic N) is 7. The molecule has 1 aliphatic rings. The summed E-state index contributed by atoms with van der Waals surface area (Å²) in [6, 6.07) is 0. The lowest BCUT2D eigenvalue weighted by Crippen LogP contribution is -2.22. The largest absolute Gasteiger partial charge is 0.368 e. The molecule has 0 saturated carbocycles. The molecule has 2 aromatic heterocycles. The number of hydrogen-bond donors (Lipinski definition) is 1. The molecule has 0 aliphatic carbocycles. The van der Waals surface area contributed by atoms with Crippen molar-refractivity contribution in [3.63, 3.8) is 0 Å². The van der Waals surface area contributed by atoms with Crippen LogP contribution in [0.5, 0.6) is 0 Å². The Labute approximate surface area is 110 Å². The summed E-state index contributed by atoms with van der Waals surface area (Å²) in [6.45, 7) is 5.60. The zero-order valence-electron chi connectivity index (χ0n) is 11.0. The molecule has 2 N–H and O–H groups in total. The van der Waals surface area contributed by atoms with Gasteiger partial charge in [-0.05, 0) is 26.7 Å². The molecular weight excluding hydrogens is 244 g/mol. The van der Waals surface area contributed by atoms with Crippen LogP contribution in [0.2, 0.25) is 0 Å². The summed E-state index contributed by atoms with van der Waals surface area (Å²) >= 11 is 0. The quantitative estimate of drug-likeness (QED) is 0.826. The highest BCUT2D eigenvalue weighted by Crippen LogP contribution is 2.17. The maximum Gasteiger partial charge on any atom is 0.258 e. The molecule has 0 aromatic carbocycles. The van der Waals surface area contributed by atoms with E-state index in [9.17, 15) is 0 Å². The number of aromatic nitrogens is 6. The molecule has 0 amide bonds. The van der Waals surface area contributed by atoms with E-state index in [0.29, 0.717) is 17.7 Å². The van der Waals surface area contributed by atoms with Crippen molar-refractivity contribution in [2.75, 3.05) is 23.7 Å². The monoisotopic (exact) mass is 260 g/mol. The topological polar surface area (TPSA) is 98.6 Å². The average molecular weight is 260 g/mol. The normalized spacial score (nSPS) is 15.2. The molecule has 8 nitrogen and oxygen atoms in total. The number of rotatable bonds is 2. The van der Waals surface area contributed by atoms with Gasteiger partial charge in [0.1, 0.15) is 11.6 Å². The fourth-order valence-corrected chi connectivity index (χ4v) is 2.23. The summed E-state index contributed by atoms with van der Waals surface area (Å²) in [5, 5.41) is 4.27. The summed E-state index contributed by atoms with van der Waals surface area (Å²) in [5.41, 5.74) is 5.77. The minimum Gasteiger partial charge on any atom is -0.368 e. The van der Waals surface area contributed by atoms with Gasteiger partial charge in [0, 0.05) is 13.1 Å². The molecule has 2 aromatic rings. The zero-order valence-corrected chi connectivity index (χ0v) is 11.0. The highest BCUT2D eigenvalue weighted by molar-refractivity contribution is 5.38. The van der Waals surface area contributed by atoms with Crippen molar-refractivity contribution in [3.8, 4) is 5.95 Å². The van der Waals surface area contributed by atoms with Crippen LogP contribution in [-0.4, -0.2) is 42.8 Å². The lowest BCUT2D eigenvalue weighted by atomic mass is 10.4. The fraction of sp³-hybridized carbons (Fsp3) is 0.545. The van der Waals surface area contributed by atoms with E-state index in [4.69, 9.17) is 5.73 Å². The molecule has 0 unspecified atom stereocenters. The number of nitrogens with two attached hydrogens (primary N) is 1. The third-order valence-corrected chi connectivity index (χ3v) is 3.08. The molecule has 100 valence electrons. The molecule has 3 heterocycles. The standard InChI is InChI=1S/C11H16N8/c1-7-13-8(2)19(17-7)11-15-9(12)14-10(16-11)18-5-3-4-6-18/h3-6H2,1-2H3,(H2,12,14,15,16). The van der Waals surface area contributed by atoms with Gasteiger partial charge in [-0.1, -0.05) is 0 Å². The van der Waals surface area contributed by atoms with Crippen LogP contribution in [0.4, 0.5) is 11.9 Å². The van der Waals surface area contributed by atoms with E-state index >= 15 is 0 Å². The van der Waals surface area contributed by atoms with Gasteiger partial charge in [-0.25, -0.2) is 4.98 Å². The summed E-state index contributed by atoms with van der Waals surface area (Å²) in [5.74, 6) is 2.66. The molecule has 1 aliphatic heterocycles. The first-order valence-electron chi connectivity index (χ1n) is 6.30. The van der Waals surface area contributed by atoms with Crippen LogP contribution in [0.15, 0.2) is 0 Å². The van der Waals surface area contributed by atoms with E-state index in [1.54, 1.807) is 4.68 Å². The Hall–Kier alpha value is -2.25. The number of nitrogen functional groups attached to an aromatic ring is 1. The van der Waals surface area contributed by atoms with Crippen molar-refractivity contribution < 1.29 is 0 Å². The van der Waals surface area contributed by atoms with Gasteiger partial charge in [0.25, 0.3) is 5.95 Å². The van der Waals surface area contributed by atoms with Crippen LogP contribution >= 0.6 is 0 Å². The van der Waals surface area contributed by atoms with Gasteiger partial charge >= 0.3 is 0 Å². The van der Waals surface area contributed by atoms with Gasteiger partial charge in [-0.2, -0.15) is 19.6 Å². The molecule has 0 spiro atoms. The fourth-order valence-electron chi connectivity index (χ4n) is 2.23. The minimum absolute atomic E-state index is 0.208. The lowest BCUT2D eigenvalue weighted by molar-refractivity contribution is 0.754. The second-order valence-corrected chi connectivity index (χ2v) is 4.61. The van der Waals surface area contributed by atoms with Gasteiger partial charge < -0.3 is 10.6 Å². The van der Waals surface area contributed by atoms with E-state index in [1.165, 1.54) is 0 Å². The van der Waals surface area contributed by atoms with E-state index in [-0.39, 0.29) is 5.95 Å². The Balaban J connectivity index is 2.04. The molecule has 19 heavy (non-hydrogen) atoms. The first-order valence-corrected chi connectivity index (χ1v) is 6.30. The number of aryl methyl sites for hydroxylation is 2. The third kappa shape index (κ3) is 2.20. The van der Waals surface area contributed by atoms with Gasteiger partial charge in [0.2, 0.25) is 11.9 Å². The van der Waals surface area contributed by atoms with Crippen LogP contribution in [0.25, 0.3) is 5.95 Å². The van der Waals surface area contributed by atoms with Crippen LogP contribution < -0.4 is 10.6 Å². The second kappa shape index (κ2) is 4.45. The van der Waals surface area contributed by atoms with Crippen LogP contribution in [0.1, 0.15) is 24.5 Å². The van der Waals surface area contributed by atoms with Crippen molar-refractivity contribution in [1.82, 2.24) is 29.7 Å². The Morgan fingerprint density at radius 1 is 0.947 bits per heavy atom. The van der Waals surface area contributed by atoms with Gasteiger partial charge in [0.15, 0.2) is 0 Å². The molecular formula is C11H16N8. The van der Waals surface area contributed by atoms with Crippen molar-refractivity contribution in [3.05, 3.63) is 11.6 Å². The number of anilines is 2. The van der Waals surface area contributed by atoms with E-state index in [2.05, 4.69) is 29.9 Å². The van der Waals surface area contributed by atoms with Gasteiger partial charge in [0.05, 0.1) is 0 Å². The Morgan fingerprint density at radius 2 is 1.63 bits per heavy atom. The van der Waals surface area contributed by atoms with Gasteiger partial charge in [-0.15, -0.1) is 5.10 Å². The predicted molar refractivity (Wildman–Crippen MR) is 70.1 cm³/mol. The summed E-state index contributed by atoms with van der Waals surface area (Å²) < 4.78 is 1.59. The highest BCUT2D eigenvalue weighted by Gasteiger charge is 2.18. The lowest BCUT2D eigenvalue weighted by Gasteiger charge is -2.15. The summed E-state index contributed by atoms with van der Waals surface area (Å²) in [6.07, 6.45) is 2.31. The second-order valence-electron chi connectivity index (χ2n) is 4.61. The summed E-state index contributed by atoms with van der Waals surface area (Å²) in [7, 11) is 0. The molecule has 0 atom stereocenters. The van der Waals surface area contributed by atoms with E-state index in [0.717, 1.165) is 31.8 Å². The highest BCUT2D eigenvalue weighted by atomic mass is 15.4. The predicted octanol–water partition coefficient (Wildman–Crippen LogP) is 0.252. The van der Waals surface area contributed by atoms with Crippen LogP contribution in [-0.2, 0) is 0 Å². The minimum atomic E-state index is 0.208. The first kappa shape index (κ1) is 11.8. The zero-order chi connectivity index (χ0) is 13.4. The molecule has 1 fully saturated rings. The molecule has 0 bridgehead atoms. The van der Waals surface area contributed by atoms with E-state index in [1.807, 2.05) is 13.8 Å². The Kier molecular flexibility index (Phi) is 2.77. The van der Waals surface area contributed by atoms with Crippen LogP contribution in [0, 0.1) is 13.8 Å². The molecule has 0 radical (unpaired) electrons. The third-order valence-electron chi connectivity index (χ3n) is 3.08. The van der Waals surface area contributed by atoms with Crippen molar-refractivity contribution in [2.45, 2.75) is 26.7 Å². The Morgan fingerprint density at radius 3 is 2.26 bits per heavy atom. The molecule has 8 heteroatoms. The van der Waals surface area contributed by atoms with E-state index < -0.39 is 0 Å². The van der Waals surface area contributed by atoms with Gasteiger partial charge in [-0.3, -0.25) is 0 Å². The molecule has 3 rings (SSSR count). The smallest absolute Gasteiger partial charge is 0.258 e.